The molecule has 0 heterocycles. The van der Waals surface area contributed by atoms with Crippen LogP contribution in [0.25, 0.3) is 0 Å². The molecule has 0 aromatic heterocycles. The highest BCUT2D eigenvalue weighted by Crippen LogP contribution is 2.28. The molecule has 4 nitrogen and oxygen atoms in total. The minimum absolute atomic E-state index is 0.00579. The Morgan fingerprint density at radius 2 is 2.15 bits per heavy atom. The van der Waals surface area contributed by atoms with Crippen LogP contribution in [0.2, 0.25) is 0 Å². The quantitative estimate of drug-likeness (QED) is 0.682. The molecule has 1 atom stereocenters. The van der Waals surface area contributed by atoms with Crippen molar-refractivity contribution in [3.63, 3.8) is 0 Å². The lowest BCUT2D eigenvalue weighted by molar-refractivity contribution is 0.102. The molecule has 0 radical (unpaired) electrons. The third-order valence-electron chi connectivity index (χ3n) is 1.97. The van der Waals surface area contributed by atoms with E-state index in [1.165, 1.54) is 12.8 Å². The molecule has 78 valence electrons. The van der Waals surface area contributed by atoms with Crippen molar-refractivity contribution in [3.05, 3.63) is 0 Å². The van der Waals surface area contributed by atoms with Gasteiger partial charge >= 0.3 is 0 Å². The topological polar surface area (TPSA) is 69.4 Å². The molecule has 0 bridgehead atoms. The van der Waals surface area contributed by atoms with Crippen LogP contribution in [0, 0.1) is 11.8 Å². The second-order valence-corrected chi connectivity index (χ2v) is 5.57. The first kappa shape index (κ1) is 10.9. The number of nitrogens with two attached hydrogens (primary N) is 1. The highest BCUT2D eigenvalue weighted by molar-refractivity contribution is 7.89. The number of rotatable bonds is 6. The van der Waals surface area contributed by atoms with Gasteiger partial charge in [0, 0.05) is 6.61 Å². The molecule has 0 aliphatic heterocycles. The molecule has 1 saturated carbocycles. The van der Waals surface area contributed by atoms with Gasteiger partial charge in [-0.2, -0.15) is 0 Å². The van der Waals surface area contributed by atoms with Crippen LogP contribution in [0.4, 0.5) is 0 Å². The van der Waals surface area contributed by atoms with E-state index in [1.54, 1.807) is 0 Å². The molecule has 0 aromatic carbocycles. The zero-order chi connectivity index (χ0) is 9.90. The van der Waals surface area contributed by atoms with E-state index < -0.39 is 10.0 Å². The lowest BCUT2D eigenvalue weighted by atomic mass is 10.2. The van der Waals surface area contributed by atoms with Gasteiger partial charge in [0.2, 0.25) is 10.0 Å². The Hall–Kier alpha value is -0.130. The fraction of sp³-hybridized carbons (Fsp3) is 1.00. The average molecular weight is 207 g/mol. The van der Waals surface area contributed by atoms with Crippen LogP contribution in [0.5, 0.6) is 0 Å². The molecular formula is C8H17NO3S. The highest BCUT2D eigenvalue weighted by Gasteiger charge is 2.21. The van der Waals surface area contributed by atoms with E-state index in [0.717, 1.165) is 12.5 Å². The third kappa shape index (κ3) is 6.01. The van der Waals surface area contributed by atoms with Crippen LogP contribution < -0.4 is 5.14 Å². The van der Waals surface area contributed by atoms with E-state index in [0.29, 0.717) is 6.61 Å². The van der Waals surface area contributed by atoms with Crippen molar-refractivity contribution in [3.8, 4) is 0 Å². The maximum Gasteiger partial charge on any atom is 0.209 e. The standard InChI is InChI=1S/C8H17NO3S/c1-7(6-13(9,10)11)4-12-5-8-2-3-8/h7-8H,2-6H2,1H3,(H2,9,10,11). The maximum atomic E-state index is 10.7. The summed E-state index contributed by atoms with van der Waals surface area (Å²) in [6, 6.07) is 0. The summed E-state index contributed by atoms with van der Waals surface area (Å²) in [6.07, 6.45) is 2.51. The zero-order valence-electron chi connectivity index (χ0n) is 7.90. The zero-order valence-corrected chi connectivity index (χ0v) is 8.72. The molecule has 13 heavy (non-hydrogen) atoms. The van der Waals surface area contributed by atoms with Gasteiger partial charge in [0.25, 0.3) is 0 Å². The van der Waals surface area contributed by atoms with Gasteiger partial charge in [-0.15, -0.1) is 0 Å². The van der Waals surface area contributed by atoms with Gasteiger partial charge in [0.1, 0.15) is 0 Å². The summed E-state index contributed by atoms with van der Waals surface area (Å²) >= 11 is 0. The predicted octanol–water partition coefficient (Wildman–Crippen LogP) is 0.338. The van der Waals surface area contributed by atoms with Crippen molar-refractivity contribution in [2.75, 3.05) is 19.0 Å². The molecule has 0 saturated heterocycles. The van der Waals surface area contributed by atoms with Crippen molar-refractivity contribution in [1.29, 1.82) is 0 Å². The van der Waals surface area contributed by atoms with Crippen LogP contribution in [0.15, 0.2) is 0 Å². The van der Waals surface area contributed by atoms with Crippen molar-refractivity contribution >= 4 is 10.0 Å². The minimum Gasteiger partial charge on any atom is -0.381 e. The van der Waals surface area contributed by atoms with Crippen molar-refractivity contribution in [2.45, 2.75) is 19.8 Å². The van der Waals surface area contributed by atoms with Crippen LogP contribution in [-0.2, 0) is 14.8 Å². The summed E-state index contributed by atoms with van der Waals surface area (Å²) in [4.78, 5) is 0. The molecule has 0 amide bonds. The van der Waals surface area contributed by atoms with Crippen LogP contribution >= 0.6 is 0 Å². The summed E-state index contributed by atoms with van der Waals surface area (Å²) in [6.45, 7) is 3.10. The number of hydrogen-bond donors (Lipinski definition) is 1. The SMILES string of the molecule is CC(COCC1CC1)CS(N)(=O)=O. The molecule has 1 rings (SSSR count). The normalized spacial score (nSPS) is 20.2. The first-order chi connectivity index (χ1) is 5.97. The number of primary sulfonamides is 1. The van der Waals surface area contributed by atoms with E-state index in [-0.39, 0.29) is 11.7 Å². The van der Waals surface area contributed by atoms with E-state index in [1.807, 2.05) is 6.92 Å². The first-order valence-corrected chi connectivity index (χ1v) is 6.27. The summed E-state index contributed by atoms with van der Waals surface area (Å²) in [5.74, 6) is 0.730. The number of ether oxygens (including phenoxy) is 1. The fourth-order valence-corrected chi connectivity index (χ4v) is 2.05. The van der Waals surface area contributed by atoms with Gasteiger partial charge in [0.05, 0.1) is 12.4 Å². The fourth-order valence-electron chi connectivity index (χ4n) is 1.17. The number of hydrogen-bond acceptors (Lipinski definition) is 3. The molecule has 1 unspecified atom stereocenters. The molecule has 2 N–H and O–H groups in total. The summed E-state index contributed by atoms with van der Waals surface area (Å²) in [7, 11) is -3.34. The lowest BCUT2D eigenvalue weighted by Gasteiger charge is -2.09. The Kier molecular flexibility index (Phi) is 3.70. The molecule has 0 aromatic rings. The predicted molar refractivity (Wildman–Crippen MR) is 50.7 cm³/mol. The van der Waals surface area contributed by atoms with E-state index >= 15 is 0 Å². The summed E-state index contributed by atoms with van der Waals surface area (Å²) < 4.78 is 26.7. The Labute approximate surface area is 79.5 Å². The van der Waals surface area contributed by atoms with E-state index in [9.17, 15) is 8.42 Å². The summed E-state index contributed by atoms with van der Waals surface area (Å²) in [5, 5.41) is 4.90. The van der Waals surface area contributed by atoms with Crippen LogP contribution in [0.1, 0.15) is 19.8 Å². The minimum atomic E-state index is -3.34. The van der Waals surface area contributed by atoms with Crippen molar-refractivity contribution in [2.24, 2.45) is 17.0 Å². The Morgan fingerprint density at radius 3 is 2.62 bits per heavy atom. The van der Waals surface area contributed by atoms with Gasteiger partial charge in [-0.05, 0) is 24.7 Å². The Balaban J connectivity index is 2.05. The largest absolute Gasteiger partial charge is 0.381 e. The molecule has 1 aliphatic carbocycles. The van der Waals surface area contributed by atoms with Gasteiger partial charge in [0.15, 0.2) is 0 Å². The van der Waals surface area contributed by atoms with Crippen molar-refractivity contribution < 1.29 is 13.2 Å². The van der Waals surface area contributed by atoms with Gasteiger partial charge in [-0.25, -0.2) is 13.6 Å². The highest BCUT2D eigenvalue weighted by atomic mass is 32.2. The molecule has 0 spiro atoms. The van der Waals surface area contributed by atoms with Crippen LogP contribution in [-0.4, -0.2) is 27.4 Å². The van der Waals surface area contributed by atoms with Gasteiger partial charge in [-0.3, -0.25) is 0 Å². The lowest BCUT2D eigenvalue weighted by Crippen LogP contribution is -2.24. The van der Waals surface area contributed by atoms with E-state index in [2.05, 4.69) is 0 Å². The molecule has 5 heteroatoms. The third-order valence-corrected chi connectivity index (χ3v) is 3.00. The second kappa shape index (κ2) is 4.39. The monoisotopic (exact) mass is 207 g/mol. The second-order valence-electron chi connectivity index (χ2n) is 3.92. The molecular weight excluding hydrogens is 190 g/mol. The first-order valence-electron chi connectivity index (χ1n) is 4.55. The maximum absolute atomic E-state index is 10.7. The van der Waals surface area contributed by atoms with Crippen LogP contribution in [0.3, 0.4) is 0 Å². The molecule has 1 fully saturated rings. The Bertz CT molecular complexity index is 246. The van der Waals surface area contributed by atoms with Gasteiger partial charge in [-0.1, -0.05) is 6.92 Å². The van der Waals surface area contributed by atoms with Gasteiger partial charge < -0.3 is 4.74 Å². The molecule has 1 aliphatic rings. The number of sulfonamides is 1. The van der Waals surface area contributed by atoms with Crippen molar-refractivity contribution in [1.82, 2.24) is 0 Å². The van der Waals surface area contributed by atoms with E-state index in [4.69, 9.17) is 9.88 Å². The average Bonchev–Trinajstić information content (AvgIpc) is 2.66. The summed E-state index contributed by atoms with van der Waals surface area (Å²) in [5.41, 5.74) is 0. The smallest absolute Gasteiger partial charge is 0.209 e. The Morgan fingerprint density at radius 1 is 1.54 bits per heavy atom.